The average Bonchev–Trinajstić information content (AvgIpc) is 2.38. The zero-order valence-electron chi connectivity index (χ0n) is 11.4. The van der Waals surface area contributed by atoms with Gasteiger partial charge < -0.3 is 10.1 Å². The molecule has 0 aromatic heterocycles. The summed E-state index contributed by atoms with van der Waals surface area (Å²) in [5.74, 6) is 2.13. The third-order valence-electron chi connectivity index (χ3n) is 4.75. The van der Waals surface area contributed by atoms with E-state index in [0.29, 0.717) is 0 Å². The van der Waals surface area contributed by atoms with E-state index in [9.17, 15) is 0 Å². The average molecular weight is 239 g/mol. The molecular weight excluding hydrogens is 210 g/mol. The third-order valence-corrected chi connectivity index (χ3v) is 4.75. The third kappa shape index (κ3) is 4.26. The first-order chi connectivity index (χ1) is 8.40. The molecule has 0 bridgehead atoms. The van der Waals surface area contributed by atoms with Crippen LogP contribution < -0.4 is 5.32 Å². The van der Waals surface area contributed by atoms with E-state index in [-0.39, 0.29) is 0 Å². The number of unbranched alkanes of at least 4 members (excludes halogenated alkanes) is 1. The van der Waals surface area contributed by atoms with Crippen molar-refractivity contribution in [2.24, 2.45) is 11.8 Å². The summed E-state index contributed by atoms with van der Waals surface area (Å²) in [6, 6.07) is 0.817. The molecule has 2 heteroatoms. The summed E-state index contributed by atoms with van der Waals surface area (Å²) >= 11 is 0. The molecule has 2 saturated carbocycles. The standard InChI is InChI=1S/C15H29NO/c1-17-11-5-4-10-16-15-9-8-13-6-2-3-7-14(13)12-15/h13-16H,2-12H2,1H3. The van der Waals surface area contributed by atoms with Gasteiger partial charge in [-0.15, -0.1) is 0 Å². The summed E-state index contributed by atoms with van der Waals surface area (Å²) in [6.45, 7) is 2.10. The molecule has 2 fully saturated rings. The van der Waals surface area contributed by atoms with Gasteiger partial charge in [-0.3, -0.25) is 0 Å². The molecule has 1 N–H and O–H groups in total. The van der Waals surface area contributed by atoms with Crippen molar-refractivity contribution < 1.29 is 4.74 Å². The first-order valence-corrected chi connectivity index (χ1v) is 7.62. The summed E-state index contributed by atoms with van der Waals surface area (Å²) in [5, 5.41) is 3.76. The second-order valence-electron chi connectivity index (χ2n) is 5.97. The van der Waals surface area contributed by atoms with E-state index in [2.05, 4.69) is 5.32 Å². The lowest BCUT2D eigenvalue weighted by Gasteiger charge is -2.39. The Kier molecular flexibility index (Phi) is 5.79. The molecule has 100 valence electrons. The fourth-order valence-corrected chi connectivity index (χ4v) is 3.74. The SMILES string of the molecule is COCCCCNC1CCC2CCCCC2C1. The normalized spacial score (nSPS) is 33.4. The van der Waals surface area contributed by atoms with Gasteiger partial charge in [-0.1, -0.05) is 25.7 Å². The van der Waals surface area contributed by atoms with Crippen LogP contribution in [0, 0.1) is 11.8 Å². The van der Waals surface area contributed by atoms with Gasteiger partial charge in [0.15, 0.2) is 0 Å². The topological polar surface area (TPSA) is 21.3 Å². The summed E-state index contributed by atoms with van der Waals surface area (Å²) in [5.41, 5.74) is 0. The Morgan fingerprint density at radius 1 is 1.00 bits per heavy atom. The molecule has 0 heterocycles. The van der Waals surface area contributed by atoms with Crippen molar-refractivity contribution in [2.75, 3.05) is 20.3 Å². The van der Waals surface area contributed by atoms with Crippen molar-refractivity contribution in [3.05, 3.63) is 0 Å². The van der Waals surface area contributed by atoms with Crippen LogP contribution in [0.1, 0.15) is 57.8 Å². The number of methoxy groups -OCH3 is 1. The van der Waals surface area contributed by atoms with Crippen LogP contribution in [0.4, 0.5) is 0 Å². The fourth-order valence-electron chi connectivity index (χ4n) is 3.74. The molecule has 3 unspecified atom stereocenters. The molecule has 3 atom stereocenters. The molecule has 0 aromatic carbocycles. The van der Waals surface area contributed by atoms with E-state index in [1.54, 1.807) is 7.11 Å². The van der Waals surface area contributed by atoms with Crippen LogP contribution in [0.5, 0.6) is 0 Å². The summed E-state index contributed by atoms with van der Waals surface area (Å²) < 4.78 is 5.08. The lowest BCUT2D eigenvalue weighted by atomic mass is 9.69. The van der Waals surface area contributed by atoms with E-state index < -0.39 is 0 Å². The number of fused-ring (bicyclic) bond motifs is 1. The lowest BCUT2D eigenvalue weighted by Crippen LogP contribution is -2.39. The van der Waals surface area contributed by atoms with Crippen molar-refractivity contribution in [1.82, 2.24) is 5.32 Å². The van der Waals surface area contributed by atoms with Gasteiger partial charge in [0.05, 0.1) is 0 Å². The van der Waals surface area contributed by atoms with Gasteiger partial charge in [0, 0.05) is 19.8 Å². The molecule has 0 aromatic rings. The number of hydrogen-bond donors (Lipinski definition) is 1. The number of nitrogens with one attached hydrogen (secondary N) is 1. The molecule has 2 aliphatic carbocycles. The Morgan fingerprint density at radius 3 is 2.65 bits per heavy atom. The predicted molar refractivity (Wildman–Crippen MR) is 72.2 cm³/mol. The summed E-state index contributed by atoms with van der Waals surface area (Å²) in [7, 11) is 1.79. The van der Waals surface area contributed by atoms with Crippen LogP contribution in [0.25, 0.3) is 0 Å². The van der Waals surface area contributed by atoms with Gasteiger partial charge in [0.2, 0.25) is 0 Å². The Morgan fingerprint density at radius 2 is 1.82 bits per heavy atom. The number of ether oxygens (including phenoxy) is 1. The maximum absolute atomic E-state index is 5.08. The van der Waals surface area contributed by atoms with Crippen molar-refractivity contribution >= 4 is 0 Å². The first-order valence-electron chi connectivity index (χ1n) is 7.62. The van der Waals surface area contributed by atoms with Crippen LogP contribution in [-0.4, -0.2) is 26.3 Å². The van der Waals surface area contributed by atoms with Crippen molar-refractivity contribution in [1.29, 1.82) is 0 Å². The Hall–Kier alpha value is -0.0800. The Balaban J connectivity index is 1.59. The second-order valence-corrected chi connectivity index (χ2v) is 5.97. The molecular formula is C15H29NO. The summed E-state index contributed by atoms with van der Waals surface area (Å²) in [6.07, 6.45) is 12.8. The largest absolute Gasteiger partial charge is 0.385 e. The number of rotatable bonds is 6. The Labute approximate surface area is 107 Å². The zero-order chi connectivity index (χ0) is 11.9. The van der Waals surface area contributed by atoms with Crippen LogP contribution in [0.3, 0.4) is 0 Å². The fraction of sp³-hybridized carbons (Fsp3) is 1.00. The molecule has 0 amide bonds. The minimum Gasteiger partial charge on any atom is -0.385 e. The highest BCUT2D eigenvalue weighted by molar-refractivity contribution is 4.86. The maximum atomic E-state index is 5.08. The van der Waals surface area contributed by atoms with E-state index in [1.807, 2.05) is 0 Å². The quantitative estimate of drug-likeness (QED) is 0.718. The van der Waals surface area contributed by atoms with Crippen LogP contribution in [-0.2, 0) is 4.74 Å². The van der Waals surface area contributed by atoms with E-state index >= 15 is 0 Å². The van der Waals surface area contributed by atoms with Gasteiger partial charge in [0.1, 0.15) is 0 Å². The van der Waals surface area contributed by atoms with Gasteiger partial charge in [0.25, 0.3) is 0 Å². The van der Waals surface area contributed by atoms with Crippen molar-refractivity contribution in [3.63, 3.8) is 0 Å². The smallest absolute Gasteiger partial charge is 0.0462 e. The predicted octanol–water partition coefficient (Wildman–Crippen LogP) is 3.36. The minimum absolute atomic E-state index is 0.817. The number of hydrogen-bond acceptors (Lipinski definition) is 2. The summed E-state index contributed by atoms with van der Waals surface area (Å²) in [4.78, 5) is 0. The molecule has 2 aliphatic rings. The van der Waals surface area contributed by atoms with Crippen molar-refractivity contribution in [3.8, 4) is 0 Å². The molecule has 0 spiro atoms. The van der Waals surface area contributed by atoms with Crippen LogP contribution in [0.15, 0.2) is 0 Å². The molecule has 0 aliphatic heterocycles. The molecule has 0 saturated heterocycles. The monoisotopic (exact) mass is 239 g/mol. The first kappa shape index (κ1) is 13.4. The minimum atomic E-state index is 0.817. The maximum Gasteiger partial charge on any atom is 0.0462 e. The van der Waals surface area contributed by atoms with Gasteiger partial charge in [-0.2, -0.15) is 0 Å². The second kappa shape index (κ2) is 7.38. The van der Waals surface area contributed by atoms with Crippen molar-refractivity contribution in [2.45, 2.75) is 63.8 Å². The highest BCUT2D eigenvalue weighted by atomic mass is 16.5. The van der Waals surface area contributed by atoms with Crippen LogP contribution >= 0.6 is 0 Å². The van der Waals surface area contributed by atoms with Crippen LogP contribution in [0.2, 0.25) is 0 Å². The molecule has 17 heavy (non-hydrogen) atoms. The molecule has 0 radical (unpaired) electrons. The lowest BCUT2D eigenvalue weighted by molar-refractivity contribution is 0.142. The van der Waals surface area contributed by atoms with E-state index in [1.165, 1.54) is 64.3 Å². The Bertz CT molecular complexity index is 207. The highest BCUT2D eigenvalue weighted by Gasteiger charge is 2.31. The molecule has 2 nitrogen and oxygen atoms in total. The van der Waals surface area contributed by atoms with E-state index in [0.717, 1.165) is 24.5 Å². The van der Waals surface area contributed by atoms with Gasteiger partial charge in [-0.05, 0) is 50.5 Å². The van der Waals surface area contributed by atoms with Gasteiger partial charge in [-0.25, -0.2) is 0 Å². The van der Waals surface area contributed by atoms with Gasteiger partial charge >= 0.3 is 0 Å². The highest BCUT2D eigenvalue weighted by Crippen LogP contribution is 2.40. The van der Waals surface area contributed by atoms with E-state index in [4.69, 9.17) is 4.74 Å². The zero-order valence-corrected chi connectivity index (χ0v) is 11.4. The molecule has 2 rings (SSSR count).